The summed E-state index contributed by atoms with van der Waals surface area (Å²) in [6, 6.07) is 0. The zero-order valence-electron chi connectivity index (χ0n) is 32.0. The maximum atomic E-state index is 12.2. The van der Waals surface area contributed by atoms with E-state index in [4.69, 9.17) is 9.47 Å². The fourth-order valence-electron chi connectivity index (χ4n) is 5.55. The first kappa shape index (κ1) is 46.8. The molecule has 0 spiro atoms. The van der Waals surface area contributed by atoms with Crippen molar-refractivity contribution in [2.24, 2.45) is 5.92 Å². The Morgan fingerprint density at radius 1 is 0.612 bits per heavy atom. The van der Waals surface area contributed by atoms with E-state index in [9.17, 15) is 19.8 Å². The maximum Gasteiger partial charge on any atom is 0.306 e. The van der Waals surface area contributed by atoms with Gasteiger partial charge in [0.05, 0.1) is 12.7 Å². The number of allylic oxidation sites excluding steroid dienone is 7. The molecule has 0 amide bonds. The van der Waals surface area contributed by atoms with Crippen LogP contribution in [0.1, 0.15) is 181 Å². The first-order valence-electron chi connectivity index (χ1n) is 20.2. The Bertz CT molecular complexity index is 858. The number of rotatable bonds is 35. The summed E-state index contributed by atoms with van der Waals surface area (Å²) < 4.78 is 10.5. The minimum atomic E-state index is -0.844. The molecule has 6 heteroatoms. The second-order valence-corrected chi connectivity index (χ2v) is 14.0. The first-order valence-corrected chi connectivity index (χ1v) is 20.2. The maximum absolute atomic E-state index is 12.2. The number of aliphatic hydroxyl groups is 2. The highest BCUT2D eigenvalue weighted by Gasteiger charge is 2.16. The molecule has 284 valence electrons. The van der Waals surface area contributed by atoms with Crippen LogP contribution in [0.2, 0.25) is 0 Å². The van der Waals surface area contributed by atoms with E-state index in [1.165, 1.54) is 96.3 Å². The topological polar surface area (TPSA) is 93.1 Å². The Morgan fingerprint density at radius 2 is 1.16 bits per heavy atom. The van der Waals surface area contributed by atoms with Gasteiger partial charge in [0.25, 0.3) is 0 Å². The number of carbonyl (C=O) groups is 2. The summed E-state index contributed by atoms with van der Waals surface area (Å²) in [6.45, 7) is 6.29. The molecule has 0 aromatic rings. The largest absolute Gasteiger partial charge is 0.462 e. The lowest BCUT2D eigenvalue weighted by molar-refractivity contribution is -0.161. The molecule has 0 aliphatic rings. The predicted molar refractivity (Wildman–Crippen MR) is 206 cm³/mol. The molecule has 0 saturated heterocycles. The van der Waals surface area contributed by atoms with Crippen LogP contribution >= 0.6 is 0 Å². The molecule has 0 heterocycles. The quantitative estimate of drug-likeness (QED) is 0.0298. The van der Waals surface area contributed by atoms with Gasteiger partial charge in [-0.3, -0.25) is 9.59 Å². The summed E-state index contributed by atoms with van der Waals surface area (Å²) >= 11 is 0. The molecule has 0 aliphatic carbocycles. The smallest absolute Gasteiger partial charge is 0.306 e. The fourth-order valence-corrected chi connectivity index (χ4v) is 5.55. The zero-order chi connectivity index (χ0) is 36.0. The van der Waals surface area contributed by atoms with Crippen molar-refractivity contribution in [2.45, 2.75) is 193 Å². The highest BCUT2D eigenvalue weighted by atomic mass is 16.6. The number of aliphatic hydroxyl groups excluding tert-OH is 2. The van der Waals surface area contributed by atoms with Crippen LogP contribution in [-0.4, -0.2) is 47.6 Å². The van der Waals surface area contributed by atoms with Gasteiger partial charge in [0, 0.05) is 12.8 Å². The molecule has 0 radical (unpaired) electrons. The van der Waals surface area contributed by atoms with E-state index in [1.807, 2.05) is 18.2 Å². The van der Waals surface area contributed by atoms with Gasteiger partial charge in [-0.25, -0.2) is 0 Å². The average Bonchev–Trinajstić information content (AvgIpc) is 3.08. The summed E-state index contributed by atoms with van der Waals surface area (Å²) in [4.78, 5) is 24.3. The molecule has 6 nitrogen and oxygen atoms in total. The van der Waals surface area contributed by atoms with Crippen LogP contribution in [0, 0.1) is 5.92 Å². The predicted octanol–water partition coefficient (Wildman–Crippen LogP) is 11.4. The molecule has 49 heavy (non-hydrogen) atoms. The van der Waals surface area contributed by atoms with Crippen molar-refractivity contribution in [3.8, 4) is 0 Å². The Kier molecular flexibility index (Phi) is 35.4. The SMILES string of the molecule is CCCCC/C=C\C/C=C\C/C=C\C=C\[C@@H](O)CCCC(=O)OC[C@H](CO)OC(=O)CCCCCCCCCCCCCCCCC(C)C. The summed E-state index contributed by atoms with van der Waals surface area (Å²) in [7, 11) is 0. The molecule has 0 aromatic heterocycles. The van der Waals surface area contributed by atoms with Crippen LogP contribution in [0.3, 0.4) is 0 Å². The number of hydrogen-bond donors (Lipinski definition) is 2. The van der Waals surface area contributed by atoms with Crippen molar-refractivity contribution in [3.63, 3.8) is 0 Å². The van der Waals surface area contributed by atoms with Gasteiger partial charge < -0.3 is 19.7 Å². The third-order valence-electron chi connectivity index (χ3n) is 8.66. The minimum Gasteiger partial charge on any atom is -0.462 e. The summed E-state index contributed by atoms with van der Waals surface area (Å²) in [6.07, 6.45) is 42.0. The summed E-state index contributed by atoms with van der Waals surface area (Å²) in [5.74, 6) is 0.0501. The second-order valence-electron chi connectivity index (χ2n) is 14.0. The van der Waals surface area contributed by atoms with Gasteiger partial charge in [0.1, 0.15) is 6.61 Å². The number of ether oxygens (including phenoxy) is 2. The van der Waals surface area contributed by atoms with Crippen molar-refractivity contribution < 1.29 is 29.3 Å². The lowest BCUT2D eigenvalue weighted by Gasteiger charge is -2.16. The van der Waals surface area contributed by atoms with Gasteiger partial charge in [-0.1, -0.05) is 172 Å². The van der Waals surface area contributed by atoms with Crippen LogP contribution < -0.4 is 0 Å². The van der Waals surface area contributed by atoms with Crippen LogP contribution in [0.4, 0.5) is 0 Å². The van der Waals surface area contributed by atoms with Crippen molar-refractivity contribution in [1.29, 1.82) is 0 Å². The number of hydrogen-bond acceptors (Lipinski definition) is 6. The lowest BCUT2D eigenvalue weighted by atomic mass is 10.0. The van der Waals surface area contributed by atoms with E-state index in [0.717, 1.165) is 44.4 Å². The van der Waals surface area contributed by atoms with Gasteiger partial charge >= 0.3 is 11.9 Å². The normalized spacial score (nSPS) is 13.4. The highest BCUT2D eigenvalue weighted by molar-refractivity contribution is 5.70. The van der Waals surface area contributed by atoms with Gasteiger partial charge in [-0.2, -0.15) is 0 Å². The van der Waals surface area contributed by atoms with E-state index in [2.05, 4.69) is 45.1 Å². The van der Waals surface area contributed by atoms with Gasteiger partial charge in [0.15, 0.2) is 6.10 Å². The van der Waals surface area contributed by atoms with Crippen molar-refractivity contribution >= 4 is 11.9 Å². The second kappa shape index (κ2) is 37.1. The van der Waals surface area contributed by atoms with Crippen LogP contribution in [0.5, 0.6) is 0 Å². The van der Waals surface area contributed by atoms with E-state index >= 15 is 0 Å². The van der Waals surface area contributed by atoms with E-state index in [1.54, 1.807) is 6.08 Å². The Balaban J connectivity index is 3.73. The molecule has 0 aromatic carbocycles. The zero-order valence-corrected chi connectivity index (χ0v) is 32.0. The number of carbonyl (C=O) groups excluding carboxylic acids is 2. The molecule has 0 aliphatic heterocycles. The first-order chi connectivity index (χ1) is 23.9. The van der Waals surface area contributed by atoms with Crippen LogP contribution in [-0.2, 0) is 19.1 Å². The minimum absolute atomic E-state index is 0.156. The van der Waals surface area contributed by atoms with Gasteiger partial charge in [-0.05, 0) is 50.9 Å². The number of esters is 2. The number of unbranched alkanes of at least 4 members (excludes halogenated alkanes) is 16. The Hall–Kier alpha value is -2.18. The Morgan fingerprint density at radius 3 is 1.76 bits per heavy atom. The monoisotopic (exact) mass is 689 g/mol. The van der Waals surface area contributed by atoms with E-state index in [-0.39, 0.29) is 25.6 Å². The molecule has 0 rings (SSSR count). The highest BCUT2D eigenvalue weighted by Crippen LogP contribution is 2.15. The van der Waals surface area contributed by atoms with Gasteiger partial charge in [0.2, 0.25) is 0 Å². The lowest BCUT2D eigenvalue weighted by Crippen LogP contribution is -2.28. The van der Waals surface area contributed by atoms with E-state index < -0.39 is 18.2 Å². The molecule has 2 N–H and O–H groups in total. The summed E-state index contributed by atoms with van der Waals surface area (Å²) in [5, 5.41) is 19.7. The molecule has 0 fully saturated rings. The molecule has 2 atom stereocenters. The summed E-state index contributed by atoms with van der Waals surface area (Å²) in [5.41, 5.74) is 0. The molecular formula is C43H76O6. The molecule has 0 unspecified atom stereocenters. The van der Waals surface area contributed by atoms with Crippen molar-refractivity contribution in [3.05, 3.63) is 48.6 Å². The molecular weight excluding hydrogens is 612 g/mol. The standard InChI is InChI=1S/C43H76O6/c1-4-5-6-7-8-9-10-13-17-20-23-26-29-33-40(45)34-31-36-42(46)48-38-41(37-44)49-43(47)35-30-27-24-21-18-15-12-11-14-16-19-22-25-28-32-39(2)3/h8-9,13,17,23,26,29,33,39-41,44-45H,4-7,10-12,14-16,18-22,24-25,27-28,30-32,34-38H2,1-3H3/b9-8-,17-13-,26-23-,33-29+/t40-,41+/m1/s1. The third kappa shape index (κ3) is 36.9. The fraction of sp³-hybridized carbons (Fsp3) is 0.767. The van der Waals surface area contributed by atoms with E-state index in [0.29, 0.717) is 19.3 Å². The molecule has 0 saturated carbocycles. The average molecular weight is 689 g/mol. The Labute approximate surface area is 301 Å². The third-order valence-corrected chi connectivity index (χ3v) is 8.66. The van der Waals surface area contributed by atoms with Crippen LogP contribution in [0.15, 0.2) is 48.6 Å². The van der Waals surface area contributed by atoms with Gasteiger partial charge in [-0.15, -0.1) is 0 Å². The molecule has 0 bridgehead atoms. The van der Waals surface area contributed by atoms with Crippen molar-refractivity contribution in [1.82, 2.24) is 0 Å². The van der Waals surface area contributed by atoms with Crippen LogP contribution in [0.25, 0.3) is 0 Å². The van der Waals surface area contributed by atoms with Crippen molar-refractivity contribution in [2.75, 3.05) is 13.2 Å².